The molecule has 0 saturated carbocycles. The van der Waals surface area contributed by atoms with Gasteiger partial charge in [0.1, 0.15) is 5.69 Å². The Labute approximate surface area is 83.9 Å². The molecule has 0 aliphatic rings. The summed E-state index contributed by atoms with van der Waals surface area (Å²) in [5, 5.41) is 6.08. The van der Waals surface area contributed by atoms with E-state index in [0.717, 1.165) is 18.8 Å². The van der Waals surface area contributed by atoms with Gasteiger partial charge >= 0.3 is 0 Å². The zero-order valence-electron chi connectivity index (χ0n) is 8.53. The molecule has 0 saturated heterocycles. The van der Waals surface area contributed by atoms with Gasteiger partial charge in [-0.2, -0.15) is 0 Å². The topological polar surface area (TPSA) is 44.7 Å². The Morgan fingerprint density at radius 1 is 1.43 bits per heavy atom. The SMILES string of the molecule is CN(C)CCNc1cccc(N=O)c1. The summed E-state index contributed by atoms with van der Waals surface area (Å²) in [6.45, 7) is 1.81. The van der Waals surface area contributed by atoms with Gasteiger partial charge in [0.25, 0.3) is 0 Å². The van der Waals surface area contributed by atoms with E-state index < -0.39 is 0 Å². The first-order valence-corrected chi connectivity index (χ1v) is 4.54. The van der Waals surface area contributed by atoms with Gasteiger partial charge in [0.15, 0.2) is 0 Å². The number of nitrogens with zero attached hydrogens (tertiary/aromatic N) is 2. The summed E-state index contributed by atoms with van der Waals surface area (Å²) in [4.78, 5) is 12.3. The quantitative estimate of drug-likeness (QED) is 0.728. The van der Waals surface area contributed by atoms with E-state index in [2.05, 4.69) is 15.4 Å². The first-order chi connectivity index (χ1) is 6.72. The molecule has 0 amide bonds. The summed E-state index contributed by atoms with van der Waals surface area (Å²) in [6, 6.07) is 7.16. The number of hydrogen-bond acceptors (Lipinski definition) is 4. The summed E-state index contributed by atoms with van der Waals surface area (Å²) in [6.07, 6.45) is 0. The number of nitroso groups, excluding NO2 is 1. The zero-order chi connectivity index (χ0) is 10.4. The van der Waals surface area contributed by atoms with Crippen molar-refractivity contribution >= 4 is 11.4 Å². The van der Waals surface area contributed by atoms with Crippen LogP contribution in [0.1, 0.15) is 0 Å². The molecule has 0 aliphatic heterocycles. The van der Waals surface area contributed by atoms with Gasteiger partial charge in [0.05, 0.1) is 0 Å². The molecule has 4 nitrogen and oxygen atoms in total. The standard InChI is InChI=1S/C10H15N3O/c1-13(2)7-6-11-9-4-3-5-10(8-9)12-14/h3-5,8,11H,6-7H2,1-2H3. The fraction of sp³-hybridized carbons (Fsp3) is 0.400. The molecule has 4 heteroatoms. The van der Waals surface area contributed by atoms with E-state index in [0.29, 0.717) is 5.69 Å². The van der Waals surface area contributed by atoms with E-state index in [1.54, 1.807) is 12.1 Å². The Hall–Kier alpha value is -1.42. The van der Waals surface area contributed by atoms with E-state index in [1.807, 2.05) is 26.2 Å². The number of anilines is 1. The van der Waals surface area contributed by atoms with Crippen LogP contribution in [0.2, 0.25) is 0 Å². The van der Waals surface area contributed by atoms with Crippen LogP contribution in [0.5, 0.6) is 0 Å². The van der Waals surface area contributed by atoms with Crippen molar-refractivity contribution in [3.05, 3.63) is 29.2 Å². The van der Waals surface area contributed by atoms with Gasteiger partial charge in [-0.25, -0.2) is 0 Å². The predicted molar refractivity (Wildman–Crippen MR) is 58.9 cm³/mol. The van der Waals surface area contributed by atoms with Gasteiger partial charge < -0.3 is 10.2 Å². The van der Waals surface area contributed by atoms with Crippen LogP contribution >= 0.6 is 0 Å². The normalized spacial score (nSPS) is 10.2. The summed E-state index contributed by atoms with van der Waals surface area (Å²) in [5.41, 5.74) is 1.39. The number of likely N-dealkylation sites (N-methyl/N-ethyl adjacent to an activating group) is 1. The fourth-order valence-corrected chi connectivity index (χ4v) is 1.10. The minimum absolute atomic E-state index is 0.458. The van der Waals surface area contributed by atoms with E-state index in [4.69, 9.17) is 0 Å². The lowest BCUT2D eigenvalue weighted by Gasteiger charge is -2.11. The second kappa shape index (κ2) is 5.34. The van der Waals surface area contributed by atoms with Crippen molar-refractivity contribution < 1.29 is 0 Å². The smallest absolute Gasteiger partial charge is 0.110 e. The van der Waals surface area contributed by atoms with Gasteiger partial charge in [0.2, 0.25) is 0 Å². The fourth-order valence-electron chi connectivity index (χ4n) is 1.10. The van der Waals surface area contributed by atoms with E-state index >= 15 is 0 Å². The largest absolute Gasteiger partial charge is 0.384 e. The minimum atomic E-state index is 0.458. The molecule has 76 valence electrons. The maximum Gasteiger partial charge on any atom is 0.110 e. The average molecular weight is 193 g/mol. The third-order valence-electron chi connectivity index (χ3n) is 1.84. The van der Waals surface area contributed by atoms with Crippen LogP contribution in [-0.4, -0.2) is 32.1 Å². The highest BCUT2D eigenvalue weighted by molar-refractivity contribution is 5.53. The van der Waals surface area contributed by atoms with Crippen LogP contribution in [0.25, 0.3) is 0 Å². The Balaban J connectivity index is 2.46. The number of benzene rings is 1. The van der Waals surface area contributed by atoms with Crippen LogP contribution in [-0.2, 0) is 0 Å². The first-order valence-electron chi connectivity index (χ1n) is 4.54. The average Bonchev–Trinajstić information content (AvgIpc) is 2.18. The summed E-state index contributed by atoms with van der Waals surface area (Å²) < 4.78 is 0. The lowest BCUT2D eigenvalue weighted by atomic mass is 10.3. The highest BCUT2D eigenvalue weighted by Gasteiger charge is 1.95. The van der Waals surface area contributed by atoms with Crippen molar-refractivity contribution in [1.29, 1.82) is 0 Å². The Bertz CT molecular complexity index is 299. The van der Waals surface area contributed by atoms with Crippen molar-refractivity contribution in [1.82, 2.24) is 4.90 Å². The van der Waals surface area contributed by atoms with E-state index in [1.165, 1.54) is 0 Å². The Morgan fingerprint density at radius 3 is 2.86 bits per heavy atom. The molecule has 1 rings (SSSR count). The van der Waals surface area contributed by atoms with E-state index in [9.17, 15) is 4.91 Å². The van der Waals surface area contributed by atoms with Crippen LogP contribution in [0.4, 0.5) is 11.4 Å². The molecule has 0 radical (unpaired) electrons. The molecule has 0 bridgehead atoms. The maximum atomic E-state index is 10.3. The van der Waals surface area contributed by atoms with Gasteiger partial charge in [0, 0.05) is 18.8 Å². The lowest BCUT2D eigenvalue weighted by molar-refractivity contribution is 0.425. The van der Waals surface area contributed by atoms with Crippen LogP contribution in [0, 0.1) is 4.91 Å². The van der Waals surface area contributed by atoms with Gasteiger partial charge in [-0.05, 0) is 37.5 Å². The predicted octanol–water partition coefficient (Wildman–Crippen LogP) is 2.06. The molecule has 0 spiro atoms. The summed E-state index contributed by atoms with van der Waals surface area (Å²) in [5.74, 6) is 0. The molecule has 0 atom stereocenters. The minimum Gasteiger partial charge on any atom is -0.384 e. The third-order valence-corrected chi connectivity index (χ3v) is 1.84. The van der Waals surface area contributed by atoms with Gasteiger partial charge in [-0.1, -0.05) is 6.07 Å². The van der Waals surface area contributed by atoms with Gasteiger partial charge in [-0.15, -0.1) is 4.91 Å². The van der Waals surface area contributed by atoms with E-state index in [-0.39, 0.29) is 0 Å². The molecule has 14 heavy (non-hydrogen) atoms. The highest BCUT2D eigenvalue weighted by atomic mass is 16.3. The first kappa shape index (κ1) is 10.7. The molecule has 1 N–H and O–H groups in total. The molecule has 0 aromatic heterocycles. The number of hydrogen-bond donors (Lipinski definition) is 1. The molecule has 0 unspecified atom stereocenters. The number of rotatable bonds is 5. The maximum absolute atomic E-state index is 10.3. The molecule has 1 aromatic rings. The Morgan fingerprint density at radius 2 is 2.21 bits per heavy atom. The van der Waals surface area contributed by atoms with Crippen LogP contribution in [0.15, 0.2) is 29.4 Å². The highest BCUT2D eigenvalue weighted by Crippen LogP contribution is 2.16. The van der Waals surface area contributed by atoms with Crippen molar-refractivity contribution in [2.24, 2.45) is 5.18 Å². The van der Waals surface area contributed by atoms with Crippen LogP contribution in [0.3, 0.4) is 0 Å². The molecule has 0 fully saturated rings. The Kier molecular flexibility index (Phi) is 4.07. The molecular weight excluding hydrogens is 178 g/mol. The van der Waals surface area contributed by atoms with Gasteiger partial charge in [-0.3, -0.25) is 0 Å². The van der Waals surface area contributed by atoms with Crippen LogP contribution < -0.4 is 5.32 Å². The second-order valence-corrected chi connectivity index (χ2v) is 3.37. The van der Waals surface area contributed by atoms with Crippen molar-refractivity contribution in [2.75, 3.05) is 32.5 Å². The monoisotopic (exact) mass is 193 g/mol. The molecule has 0 aliphatic carbocycles. The summed E-state index contributed by atoms with van der Waals surface area (Å²) >= 11 is 0. The third kappa shape index (κ3) is 3.53. The lowest BCUT2D eigenvalue weighted by Crippen LogP contribution is -2.20. The molecule has 1 aromatic carbocycles. The summed E-state index contributed by atoms with van der Waals surface area (Å²) in [7, 11) is 4.04. The zero-order valence-corrected chi connectivity index (χ0v) is 8.53. The van der Waals surface area contributed by atoms with Crippen molar-refractivity contribution in [3.63, 3.8) is 0 Å². The number of nitrogens with one attached hydrogen (secondary N) is 1. The molecule has 0 heterocycles. The van der Waals surface area contributed by atoms with Crippen molar-refractivity contribution in [3.8, 4) is 0 Å². The second-order valence-electron chi connectivity index (χ2n) is 3.37. The molecular formula is C10H15N3O. The van der Waals surface area contributed by atoms with Crippen molar-refractivity contribution in [2.45, 2.75) is 0 Å².